The van der Waals surface area contributed by atoms with Crippen molar-refractivity contribution in [1.29, 1.82) is 0 Å². The van der Waals surface area contributed by atoms with Crippen molar-refractivity contribution in [3.8, 4) is 11.5 Å². The van der Waals surface area contributed by atoms with Crippen molar-refractivity contribution in [1.82, 2.24) is 0 Å². The molecule has 0 radical (unpaired) electrons. The minimum Gasteiger partial charge on any atom is -0.493 e. The van der Waals surface area contributed by atoms with E-state index in [4.69, 9.17) is 14.2 Å². The number of methoxy groups -OCH3 is 2. The largest absolute Gasteiger partial charge is 0.493 e. The van der Waals surface area contributed by atoms with E-state index in [0.717, 1.165) is 18.6 Å². The van der Waals surface area contributed by atoms with Crippen molar-refractivity contribution in [2.75, 3.05) is 31.5 Å². The second kappa shape index (κ2) is 9.90. The van der Waals surface area contributed by atoms with Gasteiger partial charge in [0, 0.05) is 12.3 Å². The van der Waals surface area contributed by atoms with Gasteiger partial charge in [0.1, 0.15) is 6.10 Å². The van der Waals surface area contributed by atoms with Crippen molar-refractivity contribution >= 4 is 23.2 Å². The Bertz CT molecular complexity index is 988. The predicted octanol–water partition coefficient (Wildman–Crippen LogP) is 4.02. The van der Waals surface area contributed by atoms with Gasteiger partial charge in [-0.25, -0.2) is 0 Å². The number of hydrogen-bond donors (Lipinski definition) is 2. The van der Waals surface area contributed by atoms with Gasteiger partial charge in [-0.3, -0.25) is 9.59 Å². The van der Waals surface area contributed by atoms with Crippen LogP contribution in [0.3, 0.4) is 0 Å². The van der Waals surface area contributed by atoms with E-state index in [1.165, 1.54) is 20.3 Å². The van der Waals surface area contributed by atoms with E-state index in [-0.39, 0.29) is 12.1 Å². The molecule has 2 N–H and O–H groups in total. The number of anilines is 2. The van der Waals surface area contributed by atoms with Gasteiger partial charge in [-0.1, -0.05) is 6.07 Å². The first-order valence-corrected chi connectivity index (χ1v) is 9.85. The maximum Gasteiger partial charge on any atom is 0.418 e. The fraction of sp³-hybridized carbons (Fsp3) is 0.364. The first-order chi connectivity index (χ1) is 15.2. The molecule has 1 heterocycles. The Morgan fingerprint density at radius 2 is 1.81 bits per heavy atom. The summed E-state index contributed by atoms with van der Waals surface area (Å²) in [6.07, 6.45) is -4.35. The highest BCUT2D eigenvalue weighted by molar-refractivity contribution is 5.96. The van der Waals surface area contributed by atoms with E-state index in [0.29, 0.717) is 30.1 Å². The predicted molar refractivity (Wildman–Crippen MR) is 111 cm³/mol. The minimum absolute atomic E-state index is 0.0317. The molecular formula is C22H23F3N2O5. The zero-order valence-electron chi connectivity index (χ0n) is 17.5. The number of ether oxygens (including phenoxy) is 3. The van der Waals surface area contributed by atoms with Crippen LogP contribution in [-0.2, 0) is 26.9 Å². The van der Waals surface area contributed by atoms with Crippen LogP contribution in [-0.4, -0.2) is 38.7 Å². The second-order valence-electron chi connectivity index (χ2n) is 7.16. The normalized spacial score (nSPS) is 15.8. The molecule has 32 heavy (non-hydrogen) atoms. The van der Waals surface area contributed by atoms with Gasteiger partial charge in [0.15, 0.2) is 11.5 Å². The van der Waals surface area contributed by atoms with Crippen LogP contribution in [0, 0.1) is 0 Å². The number of nitrogens with one attached hydrogen (secondary N) is 2. The van der Waals surface area contributed by atoms with Crippen LogP contribution < -0.4 is 20.1 Å². The number of carbonyl (C=O) groups excluding carboxylic acids is 2. The van der Waals surface area contributed by atoms with Crippen LogP contribution >= 0.6 is 0 Å². The van der Waals surface area contributed by atoms with E-state index in [1.54, 1.807) is 18.2 Å². The maximum absolute atomic E-state index is 13.6. The van der Waals surface area contributed by atoms with E-state index in [2.05, 4.69) is 10.6 Å². The molecule has 1 fully saturated rings. The van der Waals surface area contributed by atoms with Gasteiger partial charge in [-0.05, 0) is 48.7 Å². The maximum atomic E-state index is 13.6. The summed E-state index contributed by atoms with van der Waals surface area (Å²) in [4.78, 5) is 24.5. The van der Waals surface area contributed by atoms with Gasteiger partial charge >= 0.3 is 6.18 Å². The Morgan fingerprint density at radius 3 is 2.44 bits per heavy atom. The molecule has 0 aromatic heterocycles. The van der Waals surface area contributed by atoms with E-state index < -0.39 is 35.3 Å². The molecule has 2 amide bonds. The summed E-state index contributed by atoms with van der Waals surface area (Å²) >= 11 is 0. The summed E-state index contributed by atoms with van der Waals surface area (Å²) in [7, 11) is 2.91. The SMILES string of the molecule is COc1ccc(CC(=O)Nc2ccc(NC(=O)[C@@H]3CCCO3)cc2C(F)(F)F)cc1OC. The number of amides is 2. The van der Waals surface area contributed by atoms with Crippen LogP contribution in [0.5, 0.6) is 11.5 Å². The van der Waals surface area contributed by atoms with Gasteiger partial charge in [-0.15, -0.1) is 0 Å². The molecule has 2 aromatic carbocycles. The van der Waals surface area contributed by atoms with Gasteiger partial charge < -0.3 is 24.8 Å². The Hall–Kier alpha value is -3.27. The summed E-state index contributed by atoms with van der Waals surface area (Å²) in [6, 6.07) is 8.00. The van der Waals surface area contributed by atoms with Crippen molar-refractivity contribution in [3.05, 3.63) is 47.5 Å². The van der Waals surface area contributed by atoms with Crippen LogP contribution in [0.4, 0.5) is 24.5 Å². The van der Waals surface area contributed by atoms with Gasteiger partial charge in [-0.2, -0.15) is 13.2 Å². The Balaban J connectivity index is 1.75. The molecule has 2 aromatic rings. The average Bonchev–Trinajstić information content (AvgIpc) is 3.29. The van der Waals surface area contributed by atoms with Crippen LogP contribution in [0.15, 0.2) is 36.4 Å². The van der Waals surface area contributed by atoms with E-state index in [9.17, 15) is 22.8 Å². The molecule has 1 saturated heterocycles. The molecule has 0 spiro atoms. The minimum atomic E-state index is -4.74. The first-order valence-electron chi connectivity index (χ1n) is 9.85. The van der Waals surface area contributed by atoms with Crippen molar-refractivity contribution in [2.45, 2.75) is 31.5 Å². The zero-order valence-corrected chi connectivity index (χ0v) is 17.5. The fourth-order valence-electron chi connectivity index (χ4n) is 3.34. The average molecular weight is 452 g/mol. The molecule has 0 unspecified atom stereocenters. The molecule has 1 aliphatic heterocycles. The van der Waals surface area contributed by atoms with Crippen LogP contribution in [0.25, 0.3) is 0 Å². The zero-order chi connectivity index (χ0) is 23.3. The highest BCUT2D eigenvalue weighted by Crippen LogP contribution is 2.37. The molecule has 0 bridgehead atoms. The second-order valence-corrected chi connectivity index (χ2v) is 7.16. The lowest BCUT2D eigenvalue weighted by Gasteiger charge is -2.17. The first kappa shape index (κ1) is 23.4. The van der Waals surface area contributed by atoms with Crippen molar-refractivity contribution in [2.24, 2.45) is 0 Å². The summed E-state index contributed by atoms with van der Waals surface area (Å²) in [5, 5.41) is 4.74. The molecule has 1 aliphatic rings. The molecule has 10 heteroatoms. The van der Waals surface area contributed by atoms with E-state index in [1.807, 2.05) is 0 Å². The highest BCUT2D eigenvalue weighted by atomic mass is 19.4. The van der Waals surface area contributed by atoms with Crippen LogP contribution in [0.2, 0.25) is 0 Å². The molecule has 3 rings (SSSR count). The molecule has 0 aliphatic carbocycles. The fourth-order valence-corrected chi connectivity index (χ4v) is 3.34. The molecule has 0 saturated carbocycles. The van der Waals surface area contributed by atoms with E-state index >= 15 is 0 Å². The smallest absolute Gasteiger partial charge is 0.418 e. The molecule has 172 valence electrons. The van der Waals surface area contributed by atoms with Crippen molar-refractivity contribution in [3.63, 3.8) is 0 Å². The lowest BCUT2D eigenvalue weighted by atomic mass is 10.1. The number of alkyl halides is 3. The number of benzene rings is 2. The third-order valence-corrected chi connectivity index (χ3v) is 4.90. The summed E-state index contributed by atoms with van der Waals surface area (Å²) in [6.45, 7) is 0.441. The third kappa shape index (κ3) is 5.70. The van der Waals surface area contributed by atoms with Gasteiger partial charge in [0.05, 0.1) is 31.9 Å². The summed E-state index contributed by atoms with van der Waals surface area (Å²) in [5.74, 6) is -0.267. The summed E-state index contributed by atoms with van der Waals surface area (Å²) < 4.78 is 56.4. The lowest BCUT2D eigenvalue weighted by Crippen LogP contribution is -2.27. The monoisotopic (exact) mass is 452 g/mol. The number of halogens is 3. The Labute approximate surface area is 182 Å². The quantitative estimate of drug-likeness (QED) is 0.663. The van der Waals surface area contributed by atoms with Crippen LogP contribution in [0.1, 0.15) is 24.0 Å². The molecular weight excluding hydrogens is 429 g/mol. The lowest BCUT2D eigenvalue weighted by molar-refractivity contribution is -0.137. The topological polar surface area (TPSA) is 85.9 Å². The Kier molecular flexibility index (Phi) is 7.24. The van der Waals surface area contributed by atoms with Gasteiger partial charge in [0.2, 0.25) is 5.91 Å². The third-order valence-electron chi connectivity index (χ3n) is 4.90. The number of hydrogen-bond acceptors (Lipinski definition) is 5. The molecule has 1 atom stereocenters. The number of carbonyl (C=O) groups is 2. The highest BCUT2D eigenvalue weighted by Gasteiger charge is 2.35. The molecule has 7 nitrogen and oxygen atoms in total. The van der Waals surface area contributed by atoms with Crippen molar-refractivity contribution < 1.29 is 37.0 Å². The number of rotatable bonds is 7. The Morgan fingerprint density at radius 1 is 1.06 bits per heavy atom. The summed E-state index contributed by atoms with van der Waals surface area (Å²) in [5.41, 5.74) is -0.966. The van der Waals surface area contributed by atoms with Gasteiger partial charge in [0.25, 0.3) is 5.91 Å². The standard InChI is InChI=1S/C22H23F3N2O5/c1-30-17-8-5-13(10-19(17)31-2)11-20(28)27-16-7-6-14(12-15(16)22(23,24)25)26-21(29)18-4-3-9-32-18/h5-8,10,12,18H,3-4,9,11H2,1-2H3,(H,26,29)(H,27,28)/t18-/m0/s1.